The zero-order valence-electron chi connectivity index (χ0n) is 10.2. The molecule has 92 valence electrons. The predicted molar refractivity (Wildman–Crippen MR) is 76.7 cm³/mol. The number of benzene rings is 2. The average Bonchev–Trinajstić information content (AvgIpc) is 3.22. The van der Waals surface area contributed by atoms with Crippen molar-refractivity contribution in [2.75, 3.05) is 0 Å². The maximum Gasteiger partial charge on any atom is 0.0412 e. The second kappa shape index (κ2) is 5.13. The Morgan fingerprint density at radius 1 is 1.06 bits per heavy atom. The lowest BCUT2D eigenvalue weighted by atomic mass is 10.00. The van der Waals surface area contributed by atoms with Crippen LogP contribution >= 0.6 is 11.6 Å². The molecule has 0 heterocycles. The van der Waals surface area contributed by atoms with E-state index in [4.69, 9.17) is 11.6 Å². The lowest BCUT2D eigenvalue weighted by molar-refractivity contribution is 0.689. The first-order valence-electron chi connectivity index (χ1n) is 6.40. The van der Waals surface area contributed by atoms with Gasteiger partial charge in [-0.15, -0.1) is 0 Å². The summed E-state index contributed by atoms with van der Waals surface area (Å²) < 4.78 is 0. The van der Waals surface area contributed by atoms with Crippen LogP contribution in [-0.4, -0.2) is 6.04 Å². The molecule has 0 bridgehead atoms. The van der Waals surface area contributed by atoms with Crippen molar-refractivity contribution in [2.45, 2.75) is 25.4 Å². The van der Waals surface area contributed by atoms with Crippen LogP contribution in [0.5, 0.6) is 0 Å². The third kappa shape index (κ3) is 2.74. The second-order valence-electron chi connectivity index (χ2n) is 4.82. The molecule has 1 aliphatic rings. The Bertz CT molecular complexity index is 532. The summed E-state index contributed by atoms with van der Waals surface area (Å²) in [5.74, 6) is 0. The van der Waals surface area contributed by atoms with Gasteiger partial charge in [-0.1, -0.05) is 48.0 Å². The van der Waals surface area contributed by atoms with Crippen LogP contribution < -0.4 is 5.32 Å². The molecule has 0 spiro atoms. The fourth-order valence-corrected chi connectivity index (χ4v) is 2.30. The third-order valence-electron chi connectivity index (χ3n) is 3.32. The smallest absolute Gasteiger partial charge is 0.0412 e. The van der Waals surface area contributed by atoms with Crippen molar-refractivity contribution in [3.8, 4) is 11.1 Å². The van der Waals surface area contributed by atoms with E-state index in [1.54, 1.807) is 0 Å². The molecule has 0 radical (unpaired) electrons. The summed E-state index contributed by atoms with van der Waals surface area (Å²) in [5, 5.41) is 4.35. The van der Waals surface area contributed by atoms with Crippen LogP contribution in [0, 0.1) is 0 Å². The molecule has 1 aliphatic carbocycles. The minimum atomic E-state index is 0.726. The number of nitrogens with one attached hydrogen (secondary N) is 1. The summed E-state index contributed by atoms with van der Waals surface area (Å²) in [6.07, 6.45) is 2.63. The summed E-state index contributed by atoms with van der Waals surface area (Å²) in [7, 11) is 0. The maximum absolute atomic E-state index is 6.12. The Balaban J connectivity index is 1.92. The number of rotatable bonds is 4. The van der Waals surface area contributed by atoms with Crippen molar-refractivity contribution in [2.24, 2.45) is 0 Å². The summed E-state index contributed by atoms with van der Waals surface area (Å²) in [6, 6.07) is 17.3. The van der Waals surface area contributed by atoms with Crippen LogP contribution in [0.1, 0.15) is 18.4 Å². The molecule has 1 fully saturated rings. The van der Waals surface area contributed by atoms with E-state index >= 15 is 0 Å². The minimum absolute atomic E-state index is 0.726. The molecule has 0 amide bonds. The van der Waals surface area contributed by atoms with Gasteiger partial charge in [0.2, 0.25) is 0 Å². The molecule has 0 aliphatic heterocycles. The Hall–Kier alpha value is -1.31. The van der Waals surface area contributed by atoms with Gasteiger partial charge < -0.3 is 5.32 Å². The largest absolute Gasteiger partial charge is 0.310 e. The summed E-state index contributed by atoms with van der Waals surface area (Å²) in [6.45, 7) is 0.923. The van der Waals surface area contributed by atoms with Crippen LogP contribution in [0.2, 0.25) is 5.02 Å². The molecule has 2 aromatic rings. The third-order valence-corrected chi connectivity index (χ3v) is 3.55. The van der Waals surface area contributed by atoms with E-state index in [-0.39, 0.29) is 0 Å². The fraction of sp³-hybridized carbons (Fsp3) is 0.250. The molecule has 0 atom stereocenters. The molecule has 1 nitrogen and oxygen atoms in total. The van der Waals surface area contributed by atoms with Crippen molar-refractivity contribution >= 4 is 11.6 Å². The Morgan fingerprint density at radius 3 is 2.56 bits per heavy atom. The van der Waals surface area contributed by atoms with Gasteiger partial charge in [0, 0.05) is 17.6 Å². The van der Waals surface area contributed by atoms with Crippen LogP contribution in [-0.2, 0) is 6.54 Å². The van der Waals surface area contributed by atoms with E-state index in [0.717, 1.165) is 17.6 Å². The van der Waals surface area contributed by atoms with Crippen molar-refractivity contribution in [1.82, 2.24) is 5.32 Å². The van der Waals surface area contributed by atoms with E-state index in [9.17, 15) is 0 Å². The van der Waals surface area contributed by atoms with Crippen LogP contribution in [0.15, 0.2) is 48.5 Å². The van der Waals surface area contributed by atoms with Gasteiger partial charge in [-0.05, 0) is 41.7 Å². The Labute approximate surface area is 113 Å². The van der Waals surface area contributed by atoms with Gasteiger partial charge in [0.05, 0.1) is 0 Å². The van der Waals surface area contributed by atoms with Gasteiger partial charge in [-0.2, -0.15) is 0 Å². The summed E-state index contributed by atoms with van der Waals surface area (Å²) in [5.41, 5.74) is 3.78. The number of halogens is 1. The highest BCUT2D eigenvalue weighted by atomic mass is 35.5. The Kier molecular flexibility index (Phi) is 3.35. The zero-order chi connectivity index (χ0) is 12.4. The monoisotopic (exact) mass is 257 g/mol. The molecule has 2 heteroatoms. The van der Waals surface area contributed by atoms with Crippen molar-refractivity contribution < 1.29 is 0 Å². The standard InChI is InChI=1S/C16H16ClN/c17-14-7-6-13(11-18-15-8-9-15)16(10-14)12-4-2-1-3-5-12/h1-7,10,15,18H,8-9,11H2. The lowest BCUT2D eigenvalue weighted by Gasteiger charge is -2.11. The quantitative estimate of drug-likeness (QED) is 0.863. The van der Waals surface area contributed by atoms with E-state index in [2.05, 4.69) is 41.7 Å². The second-order valence-corrected chi connectivity index (χ2v) is 5.26. The highest BCUT2D eigenvalue weighted by Gasteiger charge is 2.20. The van der Waals surface area contributed by atoms with E-state index in [1.807, 2.05) is 12.1 Å². The van der Waals surface area contributed by atoms with Crippen LogP contribution in [0.3, 0.4) is 0 Å². The SMILES string of the molecule is Clc1ccc(CNC2CC2)c(-c2ccccc2)c1. The van der Waals surface area contributed by atoms with Crippen LogP contribution in [0.25, 0.3) is 11.1 Å². The molecule has 3 rings (SSSR count). The highest BCUT2D eigenvalue weighted by molar-refractivity contribution is 6.30. The lowest BCUT2D eigenvalue weighted by Crippen LogP contribution is -2.15. The number of hydrogen-bond donors (Lipinski definition) is 1. The zero-order valence-corrected chi connectivity index (χ0v) is 11.0. The maximum atomic E-state index is 6.12. The van der Waals surface area contributed by atoms with Gasteiger partial charge in [0.25, 0.3) is 0 Å². The molecule has 0 aromatic heterocycles. The molecule has 2 aromatic carbocycles. The first-order chi connectivity index (χ1) is 8.83. The fourth-order valence-electron chi connectivity index (χ4n) is 2.13. The van der Waals surface area contributed by atoms with E-state index < -0.39 is 0 Å². The average molecular weight is 258 g/mol. The summed E-state index contributed by atoms with van der Waals surface area (Å²) >= 11 is 6.12. The summed E-state index contributed by atoms with van der Waals surface area (Å²) in [4.78, 5) is 0. The van der Waals surface area contributed by atoms with Gasteiger partial charge in [0.15, 0.2) is 0 Å². The first-order valence-corrected chi connectivity index (χ1v) is 6.78. The molecule has 1 N–H and O–H groups in total. The van der Waals surface area contributed by atoms with Gasteiger partial charge >= 0.3 is 0 Å². The highest BCUT2D eigenvalue weighted by Crippen LogP contribution is 2.28. The number of hydrogen-bond acceptors (Lipinski definition) is 1. The Morgan fingerprint density at radius 2 is 1.83 bits per heavy atom. The molecular formula is C16H16ClN. The molecule has 18 heavy (non-hydrogen) atoms. The van der Waals surface area contributed by atoms with Crippen molar-refractivity contribution in [3.05, 3.63) is 59.1 Å². The molecule has 0 unspecified atom stereocenters. The normalized spacial score (nSPS) is 14.7. The molecule has 1 saturated carbocycles. The van der Waals surface area contributed by atoms with Gasteiger partial charge in [-0.3, -0.25) is 0 Å². The van der Waals surface area contributed by atoms with Gasteiger partial charge in [0.1, 0.15) is 0 Å². The van der Waals surface area contributed by atoms with E-state index in [0.29, 0.717) is 0 Å². The molecular weight excluding hydrogens is 242 g/mol. The predicted octanol–water partition coefficient (Wildman–Crippen LogP) is 4.26. The topological polar surface area (TPSA) is 12.0 Å². The first kappa shape index (κ1) is 11.8. The van der Waals surface area contributed by atoms with E-state index in [1.165, 1.54) is 29.5 Å². The molecule has 0 saturated heterocycles. The van der Waals surface area contributed by atoms with Crippen molar-refractivity contribution in [3.63, 3.8) is 0 Å². The minimum Gasteiger partial charge on any atom is -0.310 e. The van der Waals surface area contributed by atoms with Gasteiger partial charge in [-0.25, -0.2) is 0 Å². The van der Waals surface area contributed by atoms with Crippen LogP contribution in [0.4, 0.5) is 0 Å². The van der Waals surface area contributed by atoms with Crippen molar-refractivity contribution in [1.29, 1.82) is 0 Å².